The van der Waals surface area contributed by atoms with Crippen LogP contribution in [-0.4, -0.2) is 90.6 Å². The topological polar surface area (TPSA) is 60.6 Å². The fourth-order valence-electron chi connectivity index (χ4n) is 4.85. The molecule has 0 fully saturated rings. The number of benzene rings is 4. The maximum Gasteiger partial charge on any atom is 0.215 e. The van der Waals surface area contributed by atoms with Gasteiger partial charge in [-0.05, 0) is 35.4 Å². The molecule has 6 rings (SSSR count). The van der Waals surface area contributed by atoms with Crippen molar-refractivity contribution < 1.29 is 0 Å². The maximum absolute atomic E-state index is 6.71. The van der Waals surface area contributed by atoms with Crippen LogP contribution in [0.25, 0.3) is 33.2 Å². The van der Waals surface area contributed by atoms with Gasteiger partial charge < -0.3 is 9.97 Å². The first-order valence-corrected chi connectivity index (χ1v) is 12.1. The molecule has 0 aliphatic rings. The third kappa shape index (κ3) is 3.91. The fourth-order valence-corrected chi connectivity index (χ4v) is 4.85. The first kappa shape index (κ1) is 26.4. The van der Waals surface area contributed by atoms with E-state index >= 15 is 0 Å². The minimum Gasteiger partial charge on any atom is -0.323 e. The predicted octanol–water partition coefficient (Wildman–Crippen LogP) is -4.28. The van der Waals surface area contributed by atoms with Gasteiger partial charge in [-0.1, -0.05) is 57.0 Å². The lowest BCUT2D eigenvalue weighted by Crippen LogP contribution is -2.57. The molecular formula is C26H10B9N5. The number of nitrogens with one attached hydrogen (secondary N) is 2. The largest absolute Gasteiger partial charge is 0.323 e. The van der Waals surface area contributed by atoms with Gasteiger partial charge >= 0.3 is 0 Å². The number of rotatable bonds is 4. The van der Waals surface area contributed by atoms with Crippen LogP contribution >= 0.6 is 0 Å². The maximum atomic E-state index is 6.71. The van der Waals surface area contributed by atoms with Crippen LogP contribution in [-0.2, 0) is 0 Å². The number of aromatic nitrogens is 4. The zero-order valence-electron chi connectivity index (χ0n) is 21.2. The lowest BCUT2D eigenvalue weighted by Gasteiger charge is -2.31. The van der Waals surface area contributed by atoms with Gasteiger partial charge in [0.15, 0.2) is 0 Å². The molecule has 2 aromatic heterocycles. The minimum atomic E-state index is 0.0351. The Morgan fingerprint density at radius 2 is 0.800 bits per heavy atom. The van der Waals surface area contributed by atoms with Gasteiger partial charge in [0.2, 0.25) is 11.9 Å². The number of para-hydroxylation sites is 4. The highest BCUT2D eigenvalue weighted by Crippen LogP contribution is 2.31. The van der Waals surface area contributed by atoms with Gasteiger partial charge in [-0.15, -0.1) is 16.4 Å². The van der Waals surface area contributed by atoms with E-state index in [1.54, 1.807) is 4.90 Å². The predicted molar refractivity (Wildman–Crippen MR) is 174 cm³/mol. The molecule has 2 heterocycles. The second-order valence-electron chi connectivity index (χ2n) is 9.31. The molecule has 0 aliphatic carbocycles. The standard InChI is InChI=1S/C26H10B9N5/c27-15-13(16(28)20(32)21(33)19(15)31)14-17(29)22(34)24(23(35)18(14)30)40(25-36-9-5-1-2-6-10(9)37-25)26-38-11-7-3-4-8-12(11)39-26/h1-8H,(H,36,37)(H,38,39). The highest BCUT2D eigenvalue weighted by atomic mass is 15.3. The average molecular weight is 490 g/mol. The second kappa shape index (κ2) is 9.69. The van der Waals surface area contributed by atoms with Gasteiger partial charge in [0.25, 0.3) is 0 Å². The van der Waals surface area contributed by atoms with Crippen LogP contribution in [0.2, 0.25) is 0 Å². The first-order chi connectivity index (χ1) is 19.1. The monoisotopic (exact) mass is 491 g/mol. The Hall–Kier alpha value is -3.80. The van der Waals surface area contributed by atoms with Gasteiger partial charge in [-0.2, -0.15) is 0 Å². The van der Waals surface area contributed by atoms with E-state index in [1.165, 1.54) is 0 Å². The van der Waals surface area contributed by atoms with E-state index in [0.29, 0.717) is 22.9 Å². The van der Waals surface area contributed by atoms with E-state index in [4.69, 9.17) is 80.6 Å². The molecule has 0 aliphatic heterocycles. The van der Waals surface area contributed by atoms with Crippen molar-refractivity contribution in [1.29, 1.82) is 0 Å². The van der Waals surface area contributed by atoms with Crippen LogP contribution in [0.4, 0.5) is 17.6 Å². The summed E-state index contributed by atoms with van der Waals surface area (Å²) >= 11 is 0. The molecule has 0 unspecified atom stereocenters. The van der Waals surface area contributed by atoms with Crippen molar-refractivity contribution in [3.8, 4) is 11.1 Å². The summed E-state index contributed by atoms with van der Waals surface area (Å²) in [5.74, 6) is 0.732. The quantitative estimate of drug-likeness (QED) is 0.247. The van der Waals surface area contributed by atoms with Gasteiger partial charge in [0.05, 0.1) is 22.1 Å². The van der Waals surface area contributed by atoms with E-state index in [0.717, 1.165) is 11.0 Å². The van der Waals surface area contributed by atoms with Crippen LogP contribution in [0.3, 0.4) is 0 Å². The van der Waals surface area contributed by atoms with Gasteiger partial charge in [-0.25, -0.2) is 9.97 Å². The summed E-state index contributed by atoms with van der Waals surface area (Å²) in [6.45, 7) is 0. The molecule has 6 aromatic rings. The van der Waals surface area contributed by atoms with Gasteiger partial charge in [0.1, 0.15) is 70.6 Å². The van der Waals surface area contributed by atoms with Crippen molar-refractivity contribution >= 4 is 159 Å². The fraction of sp³-hybridized carbons (Fsp3) is 0. The molecule has 0 saturated carbocycles. The van der Waals surface area contributed by atoms with Crippen LogP contribution in [0, 0.1) is 0 Å². The number of imidazole rings is 2. The number of nitrogens with zero attached hydrogens (tertiary/aromatic N) is 3. The summed E-state index contributed by atoms with van der Waals surface area (Å²) in [7, 11) is 57.5. The summed E-state index contributed by atoms with van der Waals surface area (Å²) in [4.78, 5) is 17.7. The van der Waals surface area contributed by atoms with E-state index in [-0.39, 0.29) is 66.0 Å². The molecule has 0 amide bonds. The first-order valence-electron chi connectivity index (χ1n) is 12.1. The van der Waals surface area contributed by atoms with Gasteiger partial charge in [-0.3, -0.25) is 4.90 Å². The van der Waals surface area contributed by atoms with Crippen molar-refractivity contribution in [1.82, 2.24) is 19.9 Å². The Labute approximate surface area is 243 Å². The minimum absolute atomic E-state index is 0.0351. The summed E-state index contributed by atoms with van der Waals surface area (Å²) in [5, 5.41) is 0. The smallest absolute Gasteiger partial charge is 0.215 e. The third-order valence-corrected chi connectivity index (χ3v) is 6.98. The molecule has 5 nitrogen and oxygen atoms in total. The summed E-state index contributed by atoms with van der Waals surface area (Å²) in [5.41, 5.74) is 4.01. The zero-order valence-corrected chi connectivity index (χ0v) is 21.2. The van der Waals surface area contributed by atoms with Gasteiger partial charge in [0, 0.05) is 5.69 Å². The molecule has 40 heavy (non-hydrogen) atoms. The molecule has 18 radical (unpaired) electrons. The number of fused-ring (bicyclic) bond motifs is 2. The van der Waals surface area contributed by atoms with Crippen LogP contribution in [0.15, 0.2) is 48.5 Å². The van der Waals surface area contributed by atoms with Crippen molar-refractivity contribution in [3.63, 3.8) is 0 Å². The van der Waals surface area contributed by atoms with E-state index < -0.39 is 0 Å². The SMILES string of the molecule is [B]c1c([B])c([B])c(-c2c([B])c([B])c(N(c3nc4ccccc4[nH]3)c3nc4ccccc4[nH]3)c([B])c2[B])c([B])c1[B]. The molecule has 166 valence electrons. The Kier molecular flexibility index (Phi) is 6.40. The molecule has 0 atom stereocenters. The zero-order chi connectivity index (χ0) is 28.5. The lowest BCUT2D eigenvalue weighted by atomic mass is 9.56. The summed E-state index contributed by atoms with van der Waals surface area (Å²) in [6.07, 6.45) is 0. The molecule has 0 saturated heterocycles. The molecule has 0 bridgehead atoms. The lowest BCUT2D eigenvalue weighted by molar-refractivity contribution is 1.10. The Bertz CT molecular complexity index is 1780. The number of aromatic amines is 2. The average Bonchev–Trinajstić information content (AvgIpc) is 3.58. The number of hydrogen-bond acceptors (Lipinski definition) is 3. The molecule has 4 aromatic carbocycles. The third-order valence-electron chi connectivity index (χ3n) is 6.98. The number of hydrogen-bond donors (Lipinski definition) is 2. The van der Waals surface area contributed by atoms with Crippen molar-refractivity contribution in [3.05, 3.63) is 48.5 Å². The highest BCUT2D eigenvalue weighted by Gasteiger charge is 2.26. The molecule has 14 heteroatoms. The van der Waals surface area contributed by atoms with E-state index in [9.17, 15) is 0 Å². The van der Waals surface area contributed by atoms with Crippen molar-refractivity contribution in [2.24, 2.45) is 0 Å². The molecule has 0 spiro atoms. The van der Waals surface area contributed by atoms with Crippen molar-refractivity contribution in [2.45, 2.75) is 0 Å². The summed E-state index contributed by atoms with van der Waals surface area (Å²) in [6, 6.07) is 15.1. The van der Waals surface area contributed by atoms with Crippen LogP contribution < -0.4 is 54.1 Å². The number of H-pyrrole nitrogens is 2. The van der Waals surface area contributed by atoms with E-state index in [1.807, 2.05) is 48.5 Å². The molecular weight excluding hydrogens is 480 g/mol. The second-order valence-corrected chi connectivity index (χ2v) is 9.31. The number of anilines is 3. The molecule has 2 N–H and O–H groups in total. The van der Waals surface area contributed by atoms with Crippen molar-refractivity contribution in [2.75, 3.05) is 4.90 Å². The summed E-state index contributed by atoms with van der Waals surface area (Å²) < 4.78 is 0. The van der Waals surface area contributed by atoms with E-state index in [2.05, 4.69) is 9.97 Å². The highest BCUT2D eigenvalue weighted by molar-refractivity contribution is 6.70. The normalized spacial score (nSPS) is 11.4. The Balaban J connectivity index is 1.66. The Morgan fingerprint density at radius 3 is 1.20 bits per heavy atom. The van der Waals surface area contributed by atoms with Crippen LogP contribution in [0.5, 0.6) is 0 Å². The van der Waals surface area contributed by atoms with Crippen LogP contribution in [0.1, 0.15) is 0 Å². The Morgan fingerprint density at radius 1 is 0.450 bits per heavy atom.